The molecule has 2 N–H and O–H groups in total. The second-order valence-corrected chi connectivity index (χ2v) is 4.53. The zero-order chi connectivity index (χ0) is 16.4. The number of esters is 1. The van der Waals surface area contributed by atoms with Crippen LogP contribution in [0.15, 0.2) is 24.3 Å². The molecule has 0 fully saturated rings. The predicted octanol–water partition coefficient (Wildman–Crippen LogP) is 1.19. The Bertz CT molecular complexity index is 513. The quantitative estimate of drug-likeness (QED) is 0.448. The van der Waals surface area contributed by atoms with Crippen LogP contribution in [0.1, 0.15) is 37.0 Å². The molecule has 0 spiro atoms. The number of hydrazine groups is 1. The van der Waals surface area contributed by atoms with Crippen molar-refractivity contribution < 1.29 is 23.9 Å². The topological polar surface area (TPSA) is 93.7 Å². The van der Waals surface area contributed by atoms with Gasteiger partial charge >= 0.3 is 5.97 Å². The molecule has 0 unspecified atom stereocenters. The van der Waals surface area contributed by atoms with Gasteiger partial charge in [-0.15, -0.1) is 0 Å². The Morgan fingerprint density at radius 1 is 1.09 bits per heavy atom. The number of benzene rings is 1. The van der Waals surface area contributed by atoms with Crippen LogP contribution >= 0.6 is 0 Å². The van der Waals surface area contributed by atoms with Crippen molar-refractivity contribution in [3.8, 4) is 5.75 Å². The summed E-state index contributed by atoms with van der Waals surface area (Å²) >= 11 is 0. The summed E-state index contributed by atoms with van der Waals surface area (Å²) in [5.74, 6) is -0.993. The Morgan fingerprint density at radius 3 is 2.36 bits per heavy atom. The number of hydrogen-bond donors (Lipinski definition) is 2. The minimum atomic E-state index is -0.627. The van der Waals surface area contributed by atoms with Crippen molar-refractivity contribution in [1.29, 1.82) is 0 Å². The summed E-state index contributed by atoms with van der Waals surface area (Å²) in [7, 11) is 0. The molecule has 22 heavy (non-hydrogen) atoms. The maximum absolute atomic E-state index is 11.7. The first kappa shape index (κ1) is 17.5. The lowest BCUT2D eigenvalue weighted by Crippen LogP contribution is -2.42. The van der Waals surface area contributed by atoms with E-state index < -0.39 is 24.4 Å². The summed E-state index contributed by atoms with van der Waals surface area (Å²) in [6.07, 6.45) is 2.01. The van der Waals surface area contributed by atoms with Crippen molar-refractivity contribution in [3.05, 3.63) is 29.8 Å². The van der Waals surface area contributed by atoms with Gasteiger partial charge in [0.2, 0.25) is 5.91 Å². The van der Waals surface area contributed by atoms with Crippen LogP contribution in [0.4, 0.5) is 0 Å². The third-order valence-electron chi connectivity index (χ3n) is 2.57. The van der Waals surface area contributed by atoms with E-state index in [1.54, 1.807) is 24.3 Å². The average Bonchev–Trinajstić information content (AvgIpc) is 2.51. The molecule has 0 aliphatic heterocycles. The van der Waals surface area contributed by atoms with Crippen LogP contribution in [-0.2, 0) is 14.3 Å². The van der Waals surface area contributed by atoms with Gasteiger partial charge in [0.25, 0.3) is 5.91 Å². The van der Waals surface area contributed by atoms with Crippen LogP contribution in [-0.4, -0.2) is 31.0 Å². The summed E-state index contributed by atoms with van der Waals surface area (Å²) in [6.45, 7) is 3.47. The zero-order valence-electron chi connectivity index (χ0n) is 12.7. The van der Waals surface area contributed by atoms with E-state index in [1.165, 1.54) is 6.92 Å². The van der Waals surface area contributed by atoms with Gasteiger partial charge in [0.05, 0.1) is 12.2 Å². The van der Waals surface area contributed by atoms with E-state index in [4.69, 9.17) is 9.47 Å². The molecule has 0 saturated heterocycles. The highest BCUT2D eigenvalue weighted by Crippen LogP contribution is 2.13. The minimum absolute atomic E-state index is 0.315. The van der Waals surface area contributed by atoms with Crippen molar-refractivity contribution >= 4 is 17.8 Å². The lowest BCUT2D eigenvalue weighted by molar-refractivity contribution is -0.129. The normalized spacial score (nSPS) is 9.73. The van der Waals surface area contributed by atoms with E-state index in [9.17, 15) is 14.4 Å². The summed E-state index contributed by atoms with van der Waals surface area (Å²) in [4.78, 5) is 33.6. The summed E-state index contributed by atoms with van der Waals surface area (Å²) in [5.41, 5.74) is 4.50. The van der Waals surface area contributed by atoms with E-state index in [0.29, 0.717) is 17.9 Å². The summed E-state index contributed by atoms with van der Waals surface area (Å²) in [6, 6.07) is 6.47. The third-order valence-corrected chi connectivity index (χ3v) is 2.57. The Hall–Kier alpha value is -2.57. The molecule has 0 atom stereocenters. The molecule has 1 aromatic rings. The molecule has 0 aliphatic rings. The van der Waals surface area contributed by atoms with Crippen molar-refractivity contribution in [2.45, 2.75) is 26.7 Å². The molecule has 0 heterocycles. The van der Waals surface area contributed by atoms with Gasteiger partial charge in [0.15, 0.2) is 6.61 Å². The second kappa shape index (κ2) is 9.38. The summed E-state index contributed by atoms with van der Waals surface area (Å²) < 4.78 is 10.3. The van der Waals surface area contributed by atoms with E-state index >= 15 is 0 Å². The maximum atomic E-state index is 11.7. The number of rotatable bonds is 7. The molecule has 0 saturated carbocycles. The van der Waals surface area contributed by atoms with Crippen molar-refractivity contribution in [3.63, 3.8) is 0 Å². The van der Waals surface area contributed by atoms with Crippen LogP contribution in [0.3, 0.4) is 0 Å². The van der Waals surface area contributed by atoms with Crippen LogP contribution in [0, 0.1) is 0 Å². The van der Waals surface area contributed by atoms with Crippen molar-refractivity contribution in [1.82, 2.24) is 10.9 Å². The van der Waals surface area contributed by atoms with Gasteiger partial charge in [0.1, 0.15) is 5.75 Å². The lowest BCUT2D eigenvalue weighted by atomic mass is 10.2. The van der Waals surface area contributed by atoms with E-state index in [0.717, 1.165) is 12.8 Å². The fourth-order valence-corrected chi connectivity index (χ4v) is 1.43. The number of unbranched alkanes of at least 4 members (excludes halogenated alkanes) is 1. The van der Waals surface area contributed by atoms with Crippen LogP contribution in [0.5, 0.6) is 5.75 Å². The highest BCUT2D eigenvalue weighted by Gasteiger charge is 2.10. The van der Waals surface area contributed by atoms with E-state index in [2.05, 4.69) is 17.8 Å². The van der Waals surface area contributed by atoms with Gasteiger partial charge < -0.3 is 9.47 Å². The van der Waals surface area contributed by atoms with Crippen LogP contribution < -0.4 is 15.6 Å². The van der Waals surface area contributed by atoms with Gasteiger partial charge in [-0.2, -0.15) is 0 Å². The predicted molar refractivity (Wildman–Crippen MR) is 79.1 cm³/mol. The molecular formula is C15H20N2O5. The Kier molecular flexibility index (Phi) is 7.45. The number of carbonyl (C=O) groups is 3. The maximum Gasteiger partial charge on any atom is 0.338 e. The molecule has 7 nitrogen and oxygen atoms in total. The van der Waals surface area contributed by atoms with Gasteiger partial charge in [0, 0.05) is 6.92 Å². The number of hydrogen-bond acceptors (Lipinski definition) is 5. The first-order valence-electron chi connectivity index (χ1n) is 6.98. The molecule has 7 heteroatoms. The third kappa shape index (κ3) is 6.74. The number of amides is 2. The van der Waals surface area contributed by atoms with Crippen molar-refractivity contribution in [2.24, 2.45) is 0 Å². The minimum Gasteiger partial charge on any atom is -0.494 e. The Balaban J connectivity index is 2.39. The number of carbonyl (C=O) groups excluding carboxylic acids is 3. The lowest BCUT2D eigenvalue weighted by Gasteiger charge is -2.08. The smallest absolute Gasteiger partial charge is 0.338 e. The van der Waals surface area contributed by atoms with Gasteiger partial charge in [-0.1, -0.05) is 13.3 Å². The average molecular weight is 308 g/mol. The van der Waals surface area contributed by atoms with Crippen LogP contribution in [0.25, 0.3) is 0 Å². The van der Waals surface area contributed by atoms with Gasteiger partial charge in [-0.25, -0.2) is 4.79 Å². The van der Waals surface area contributed by atoms with Gasteiger partial charge in [-0.05, 0) is 30.7 Å². The largest absolute Gasteiger partial charge is 0.494 e. The molecule has 0 aromatic heterocycles. The standard InChI is InChI=1S/C15H20N2O5/c1-3-4-9-21-13-7-5-12(6-8-13)15(20)22-10-14(19)17-16-11(2)18/h5-8H,3-4,9-10H2,1-2H3,(H,16,18)(H,17,19). The number of nitrogens with one attached hydrogen (secondary N) is 2. The van der Waals surface area contributed by atoms with Crippen LogP contribution in [0.2, 0.25) is 0 Å². The molecule has 0 aliphatic carbocycles. The highest BCUT2D eigenvalue weighted by atomic mass is 16.5. The SMILES string of the molecule is CCCCOc1ccc(C(=O)OCC(=O)NNC(C)=O)cc1. The molecule has 0 bridgehead atoms. The second-order valence-electron chi connectivity index (χ2n) is 4.53. The molecule has 0 radical (unpaired) electrons. The number of ether oxygens (including phenoxy) is 2. The zero-order valence-corrected chi connectivity index (χ0v) is 12.7. The van der Waals surface area contributed by atoms with Crippen molar-refractivity contribution in [2.75, 3.05) is 13.2 Å². The highest BCUT2D eigenvalue weighted by molar-refractivity contribution is 5.91. The fourth-order valence-electron chi connectivity index (χ4n) is 1.43. The Morgan fingerprint density at radius 2 is 1.77 bits per heavy atom. The van der Waals surface area contributed by atoms with E-state index in [1.807, 2.05) is 0 Å². The monoisotopic (exact) mass is 308 g/mol. The molecular weight excluding hydrogens is 288 g/mol. The summed E-state index contributed by atoms with van der Waals surface area (Å²) in [5, 5.41) is 0. The van der Waals surface area contributed by atoms with E-state index in [-0.39, 0.29) is 0 Å². The molecule has 2 amide bonds. The molecule has 1 rings (SSSR count). The molecule has 1 aromatic carbocycles. The Labute approximate surface area is 128 Å². The molecule has 120 valence electrons. The fraction of sp³-hybridized carbons (Fsp3) is 0.400. The van der Waals surface area contributed by atoms with Gasteiger partial charge in [-0.3, -0.25) is 20.4 Å². The first-order chi connectivity index (χ1) is 10.5. The first-order valence-corrected chi connectivity index (χ1v) is 6.98.